The number of nitrogens with zero attached hydrogens (tertiary/aromatic N) is 3. The lowest BCUT2D eigenvalue weighted by atomic mass is 10.0. The molecule has 0 saturated heterocycles. The normalized spacial score (nSPS) is 17.5. The van der Waals surface area contributed by atoms with Crippen molar-refractivity contribution in [1.82, 2.24) is 9.78 Å². The van der Waals surface area contributed by atoms with Crippen LogP contribution in [0.3, 0.4) is 0 Å². The van der Waals surface area contributed by atoms with Crippen LogP contribution in [0, 0.1) is 37.5 Å². The van der Waals surface area contributed by atoms with Crippen molar-refractivity contribution < 1.29 is 0 Å². The van der Waals surface area contributed by atoms with Crippen molar-refractivity contribution >= 4 is 0 Å². The molecule has 1 fully saturated rings. The first-order valence-corrected chi connectivity index (χ1v) is 5.45. The minimum Gasteiger partial charge on any atom is -0.269 e. The SMILES string of the molecule is Cc1nn(CC2(CC#N)CC2)c(C)c1C. The molecule has 1 aliphatic rings. The molecule has 0 spiro atoms. The third kappa shape index (κ3) is 1.77. The highest BCUT2D eigenvalue weighted by Crippen LogP contribution is 2.50. The van der Waals surface area contributed by atoms with E-state index in [4.69, 9.17) is 5.26 Å². The van der Waals surface area contributed by atoms with E-state index < -0.39 is 0 Å². The molecule has 0 radical (unpaired) electrons. The van der Waals surface area contributed by atoms with Crippen LogP contribution >= 0.6 is 0 Å². The van der Waals surface area contributed by atoms with Crippen LogP contribution in [0.4, 0.5) is 0 Å². The van der Waals surface area contributed by atoms with E-state index in [1.165, 1.54) is 24.1 Å². The fourth-order valence-corrected chi connectivity index (χ4v) is 1.99. The highest BCUT2D eigenvalue weighted by molar-refractivity contribution is 5.22. The van der Waals surface area contributed by atoms with E-state index in [0.29, 0.717) is 6.42 Å². The number of aromatic nitrogens is 2. The number of hydrogen-bond acceptors (Lipinski definition) is 2. The van der Waals surface area contributed by atoms with Gasteiger partial charge in [0.2, 0.25) is 0 Å². The summed E-state index contributed by atoms with van der Waals surface area (Å²) >= 11 is 0. The second kappa shape index (κ2) is 3.37. The number of rotatable bonds is 3. The Morgan fingerprint density at radius 2 is 2.07 bits per heavy atom. The molecule has 1 aliphatic carbocycles. The molecule has 1 aromatic heterocycles. The second-order valence-electron chi connectivity index (χ2n) is 4.79. The largest absolute Gasteiger partial charge is 0.269 e. The van der Waals surface area contributed by atoms with Gasteiger partial charge in [0.15, 0.2) is 0 Å². The lowest BCUT2D eigenvalue weighted by Gasteiger charge is -2.12. The summed E-state index contributed by atoms with van der Waals surface area (Å²) < 4.78 is 2.08. The third-order valence-electron chi connectivity index (χ3n) is 3.64. The zero-order valence-corrected chi connectivity index (χ0v) is 9.67. The molecule has 0 amide bonds. The van der Waals surface area contributed by atoms with Crippen LogP contribution < -0.4 is 0 Å². The second-order valence-corrected chi connectivity index (χ2v) is 4.79. The molecule has 0 aromatic carbocycles. The first-order valence-electron chi connectivity index (χ1n) is 5.45. The van der Waals surface area contributed by atoms with Gasteiger partial charge < -0.3 is 0 Å². The van der Waals surface area contributed by atoms with Crippen molar-refractivity contribution in [3.8, 4) is 6.07 Å². The van der Waals surface area contributed by atoms with Crippen LogP contribution in [0.5, 0.6) is 0 Å². The van der Waals surface area contributed by atoms with Crippen LogP contribution in [0.25, 0.3) is 0 Å². The van der Waals surface area contributed by atoms with E-state index in [9.17, 15) is 0 Å². The number of nitriles is 1. The van der Waals surface area contributed by atoms with E-state index in [1.54, 1.807) is 0 Å². The molecule has 0 N–H and O–H groups in total. The van der Waals surface area contributed by atoms with Crippen molar-refractivity contribution in [2.75, 3.05) is 0 Å². The van der Waals surface area contributed by atoms with Crippen molar-refractivity contribution in [1.29, 1.82) is 5.26 Å². The van der Waals surface area contributed by atoms with E-state index in [-0.39, 0.29) is 5.41 Å². The summed E-state index contributed by atoms with van der Waals surface area (Å²) in [6.45, 7) is 7.18. The monoisotopic (exact) mass is 203 g/mol. The summed E-state index contributed by atoms with van der Waals surface area (Å²) in [5.41, 5.74) is 3.88. The Bertz CT molecular complexity index is 419. The van der Waals surface area contributed by atoms with E-state index in [0.717, 1.165) is 12.2 Å². The van der Waals surface area contributed by atoms with Gasteiger partial charge in [-0.3, -0.25) is 4.68 Å². The minimum absolute atomic E-state index is 0.240. The van der Waals surface area contributed by atoms with Gasteiger partial charge in [-0.15, -0.1) is 0 Å². The average Bonchev–Trinajstić information content (AvgIpc) is 2.90. The van der Waals surface area contributed by atoms with Gasteiger partial charge in [-0.05, 0) is 39.2 Å². The molecule has 15 heavy (non-hydrogen) atoms. The Hall–Kier alpha value is -1.30. The topological polar surface area (TPSA) is 41.6 Å². The van der Waals surface area contributed by atoms with Crippen LogP contribution in [-0.2, 0) is 6.54 Å². The van der Waals surface area contributed by atoms with Gasteiger partial charge in [-0.1, -0.05) is 0 Å². The summed E-state index contributed by atoms with van der Waals surface area (Å²) in [6.07, 6.45) is 3.03. The zero-order valence-electron chi connectivity index (χ0n) is 9.67. The molecule has 1 saturated carbocycles. The van der Waals surface area contributed by atoms with E-state index in [2.05, 4.69) is 29.7 Å². The van der Waals surface area contributed by atoms with Crippen molar-refractivity contribution in [2.45, 2.75) is 46.6 Å². The third-order valence-corrected chi connectivity index (χ3v) is 3.64. The number of hydrogen-bond donors (Lipinski definition) is 0. The molecule has 0 unspecified atom stereocenters. The van der Waals surface area contributed by atoms with Crippen molar-refractivity contribution in [3.63, 3.8) is 0 Å². The fourth-order valence-electron chi connectivity index (χ4n) is 1.99. The first kappa shape index (κ1) is 10.2. The fraction of sp³-hybridized carbons (Fsp3) is 0.667. The Morgan fingerprint density at radius 3 is 2.47 bits per heavy atom. The highest BCUT2D eigenvalue weighted by atomic mass is 15.3. The van der Waals surface area contributed by atoms with Crippen LogP contribution in [-0.4, -0.2) is 9.78 Å². The van der Waals surface area contributed by atoms with E-state index in [1.807, 2.05) is 6.92 Å². The van der Waals surface area contributed by atoms with Gasteiger partial charge in [-0.25, -0.2) is 0 Å². The molecular formula is C12H17N3. The predicted molar refractivity (Wildman–Crippen MR) is 58.3 cm³/mol. The van der Waals surface area contributed by atoms with Gasteiger partial charge in [-0.2, -0.15) is 10.4 Å². The predicted octanol–water partition coefficient (Wildman–Crippen LogP) is 2.50. The maximum Gasteiger partial charge on any atom is 0.0628 e. The maximum atomic E-state index is 8.77. The Kier molecular flexibility index (Phi) is 2.30. The molecular weight excluding hydrogens is 186 g/mol. The molecule has 0 atom stereocenters. The van der Waals surface area contributed by atoms with Gasteiger partial charge in [0.1, 0.15) is 0 Å². The molecule has 3 heteroatoms. The smallest absolute Gasteiger partial charge is 0.0628 e. The lowest BCUT2D eigenvalue weighted by molar-refractivity contribution is 0.398. The summed E-state index contributed by atoms with van der Waals surface area (Å²) in [7, 11) is 0. The summed E-state index contributed by atoms with van der Waals surface area (Å²) in [6, 6.07) is 2.29. The molecule has 1 heterocycles. The maximum absolute atomic E-state index is 8.77. The molecule has 0 bridgehead atoms. The Labute approximate surface area is 90.7 Å². The summed E-state index contributed by atoms with van der Waals surface area (Å²) in [5.74, 6) is 0. The molecule has 3 nitrogen and oxygen atoms in total. The first-order chi connectivity index (χ1) is 7.08. The standard InChI is InChI=1S/C12H17N3/c1-9-10(2)14-15(11(9)3)8-12(4-5-12)6-7-13/h4-6,8H2,1-3H3. The van der Waals surface area contributed by atoms with Crippen molar-refractivity contribution in [2.24, 2.45) is 5.41 Å². The van der Waals surface area contributed by atoms with Gasteiger partial charge in [0.25, 0.3) is 0 Å². The van der Waals surface area contributed by atoms with Crippen LogP contribution in [0.1, 0.15) is 36.2 Å². The van der Waals surface area contributed by atoms with Crippen LogP contribution in [0.15, 0.2) is 0 Å². The van der Waals surface area contributed by atoms with E-state index >= 15 is 0 Å². The summed E-state index contributed by atoms with van der Waals surface area (Å²) in [5, 5.41) is 13.3. The summed E-state index contributed by atoms with van der Waals surface area (Å²) in [4.78, 5) is 0. The van der Waals surface area contributed by atoms with Gasteiger partial charge in [0, 0.05) is 24.1 Å². The Balaban J connectivity index is 2.18. The highest BCUT2D eigenvalue weighted by Gasteiger charge is 2.43. The van der Waals surface area contributed by atoms with Gasteiger partial charge in [0.05, 0.1) is 11.8 Å². The lowest BCUT2D eigenvalue weighted by Crippen LogP contribution is -2.13. The molecule has 2 rings (SSSR count). The molecule has 80 valence electrons. The zero-order chi connectivity index (χ0) is 11.1. The number of aryl methyl sites for hydroxylation is 1. The molecule has 1 aromatic rings. The van der Waals surface area contributed by atoms with Gasteiger partial charge >= 0.3 is 0 Å². The minimum atomic E-state index is 0.240. The van der Waals surface area contributed by atoms with Crippen molar-refractivity contribution in [3.05, 3.63) is 17.0 Å². The average molecular weight is 203 g/mol. The van der Waals surface area contributed by atoms with Crippen LogP contribution in [0.2, 0.25) is 0 Å². The quantitative estimate of drug-likeness (QED) is 0.757. The Morgan fingerprint density at radius 1 is 1.40 bits per heavy atom. The molecule has 0 aliphatic heterocycles.